The lowest BCUT2D eigenvalue weighted by molar-refractivity contribution is -0.129. The molecular weight excluding hydrogens is 486 g/mol. The Morgan fingerprint density at radius 2 is 2.00 bits per heavy atom. The van der Waals surface area contributed by atoms with Crippen LogP contribution in [0.15, 0.2) is 29.3 Å². The fraction of sp³-hybridized carbons (Fsp3) is 0.619. The summed E-state index contributed by atoms with van der Waals surface area (Å²) in [5, 5.41) is 6.91. The van der Waals surface area contributed by atoms with Gasteiger partial charge in [-0.3, -0.25) is 9.79 Å². The number of nitrogens with zero attached hydrogens (tertiary/aromatic N) is 2. The number of likely N-dealkylation sites (tertiary alicyclic amines) is 1. The molecule has 2 aliphatic rings. The van der Waals surface area contributed by atoms with Gasteiger partial charge in [0.1, 0.15) is 5.82 Å². The molecule has 1 amide bonds. The fourth-order valence-corrected chi connectivity index (χ4v) is 4.10. The standard InChI is InChI=1S/C21H31FN4O2.HI/c1-3-19(27)26-11-8-18(14-26)25-20(23-2)24-15-21(9-12-28-13-10-21)16-4-6-17(22)7-5-16;/h4-7,18H,3,8-15H2,1-2H3,(H2,23,24,25);1H. The second-order valence-electron chi connectivity index (χ2n) is 7.65. The van der Waals surface area contributed by atoms with Crippen LogP contribution in [0.1, 0.15) is 38.2 Å². The molecule has 0 bridgehead atoms. The summed E-state index contributed by atoms with van der Waals surface area (Å²) in [7, 11) is 1.76. The maximum absolute atomic E-state index is 13.4. The summed E-state index contributed by atoms with van der Waals surface area (Å²) in [6, 6.07) is 7.01. The lowest BCUT2D eigenvalue weighted by Gasteiger charge is -2.38. The molecule has 2 N–H and O–H groups in total. The highest BCUT2D eigenvalue weighted by atomic mass is 127. The number of halogens is 2. The Morgan fingerprint density at radius 1 is 1.31 bits per heavy atom. The van der Waals surface area contributed by atoms with Crippen LogP contribution in [0.3, 0.4) is 0 Å². The Bertz CT molecular complexity index is 692. The van der Waals surface area contributed by atoms with Crippen molar-refractivity contribution in [3.63, 3.8) is 0 Å². The molecule has 0 aliphatic carbocycles. The first-order valence-electron chi connectivity index (χ1n) is 10.1. The van der Waals surface area contributed by atoms with E-state index in [2.05, 4.69) is 15.6 Å². The van der Waals surface area contributed by atoms with Crippen molar-refractivity contribution in [3.05, 3.63) is 35.6 Å². The number of hydrogen-bond donors (Lipinski definition) is 2. The van der Waals surface area contributed by atoms with E-state index >= 15 is 0 Å². The fourth-order valence-electron chi connectivity index (χ4n) is 4.10. The van der Waals surface area contributed by atoms with E-state index < -0.39 is 0 Å². The zero-order valence-electron chi connectivity index (χ0n) is 17.2. The number of carbonyl (C=O) groups is 1. The summed E-state index contributed by atoms with van der Waals surface area (Å²) in [6.07, 6.45) is 3.22. The smallest absolute Gasteiger partial charge is 0.222 e. The lowest BCUT2D eigenvalue weighted by Crippen LogP contribution is -2.50. The van der Waals surface area contributed by atoms with Gasteiger partial charge in [-0.15, -0.1) is 24.0 Å². The summed E-state index contributed by atoms with van der Waals surface area (Å²) in [6.45, 7) is 5.49. The second kappa shape index (κ2) is 11.1. The first kappa shape index (κ1) is 23.9. The molecule has 1 unspecified atom stereocenters. The molecule has 6 nitrogen and oxygen atoms in total. The normalized spacial score (nSPS) is 21.4. The van der Waals surface area contributed by atoms with E-state index in [1.54, 1.807) is 7.05 Å². The van der Waals surface area contributed by atoms with Gasteiger partial charge in [0.15, 0.2) is 5.96 Å². The molecule has 0 aromatic heterocycles. The molecular formula is C21H32FIN4O2. The number of aliphatic imine (C=N–C) groups is 1. The first-order chi connectivity index (χ1) is 13.6. The van der Waals surface area contributed by atoms with Crippen molar-refractivity contribution in [2.45, 2.75) is 44.1 Å². The van der Waals surface area contributed by atoms with Crippen LogP contribution in [0.5, 0.6) is 0 Å². The van der Waals surface area contributed by atoms with Gasteiger partial charge in [-0.1, -0.05) is 19.1 Å². The summed E-state index contributed by atoms with van der Waals surface area (Å²) < 4.78 is 19.0. The van der Waals surface area contributed by atoms with Crippen LogP contribution in [-0.4, -0.2) is 62.7 Å². The molecule has 2 fully saturated rings. The van der Waals surface area contributed by atoms with E-state index in [1.165, 1.54) is 12.1 Å². The average Bonchev–Trinajstić information content (AvgIpc) is 3.20. The van der Waals surface area contributed by atoms with Crippen molar-refractivity contribution in [1.82, 2.24) is 15.5 Å². The monoisotopic (exact) mass is 518 g/mol. The minimum atomic E-state index is -0.219. The Balaban J connectivity index is 0.00000300. The van der Waals surface area contributed by atoms with Gasteiger partial charge in [0, 0.05) is 57.8 Å². The highest BCUT2D eigenvalue weighted by Gasteiger charge is 2.35. The predicted octanol–water partition coefficient (Wildman–Crippen LogP) is 2.67. The van der Waals surface area contributed by atoms with Gasteiger partial charge in [0.05, 0.1) is 0 Å². The van der Waals surface area contributed by atoms with Crippen LogP contribution >= 0.6 is 24.0 Å². The first-order valence-corrected chi connectivity index (χ1v) is 10.1. The number of amides is 1. The number of carbonyl (C=O) groups excluding carboxylic acids is 1. The van der Waals surface area contributed by atoms with Crippen LogP contribution in [0.2, 0.25) is 0 Å². The largest absolute Gasteiger partial charge is 0.381 e. The van der Waals surface area contributed by atoms with Gasteiger partial charge in [-0.05, 0) is 37.0 Å². The van der Waals surface area contributed by atoms with E-state index in [0.717, 1.165) is 37.3 Å². The van der Waals surface area contributed by atoms with Crippen molar-refractivity contribution in [3.8, 4) is 0 Å². The zero-order chi connectivity index (χ0) is 20.0. The summed E-state index contributed by atoms with van der Waals surface area (Å²) in [5.41, 5.74) is 1.02. The Labute approximate surface area is 189 Å². The molecule has 1 aromatic carbocycles. The molecule has 3 rings (SSSR count). The zero-order valence-corrected chi connectivity index (χ0v) is 19.6. The molecule has 2 aliphatic heterocycles. The molecule has 1 atom stereocenters. The third kappa shape index (κ3) is 6.04. The quantitative estimate of drug-likeness (QED) is 0.358. The lowest BCUT2D eigenvalue weighted by atomic mass is 9.74. The SMILES string of the molecule is CCC(=O)N1CCC(NC(=NC)NCC2(c3ccc(F)cc3)CCOCC2)C1.I. The maximum atomic E-state index is 13.4. The number of nitrogens with one attached hydrogen (secondary N) is 2. The maximum Gasteiger partial charge on any atom is 0.222 e. The van der Waals surface area contributed by atoms with Crippen LogP contribution in [0, 0.1) is 5.82 Å². The van der Waals surface area contributed by atoms with Gasteiger partial charge in [-0.25, -0.2) is 4.39 Å². The highest BCUT2D eigenvalue weighted by molar-refractivity contribution is 14.0. The third-order valence-corrected chi connectivity index (χ3v) is 5.91. The number of hydrogen-bond acceptors (Lipinski definition) is 3. The van der Waals surface area contributed by atoms with Gasteiger partial charge < -0.3 is 20.3 Å². The van der Waals surface area contributed by atoms with Crippen LogP contribution in [0.4, 0.5) is 4.39 Å². The van der Waals surface area contributed by atoms with Crippen molar-refractivity contribution in [2.75, 3.05) is 39.9 Å². The molecule has 0 spiro atoms. The highest BCUT2D eigenvalue weighted by Crippen LogP contribution is 2.34. The topological polar surface area (TPSA) is 66.0 Å². The van der Waals surface area contributed by atoms with Gasteiger partial charge in [0.25, 0.3) is 0 Å². The van der Waals surface area contributed by atoms with E-state index in [0.29, 0.717) is 32.7 Å². The Morgan fingerprint density at radius 3 is 2.62 bits per heavy atom. The Hall–Kier alpha value is -1.42. The van der Waals surface area contributed by atoms with Crippen molar-refractivity contribution in [1.29, 1.82) is 0 Å². The summed E-state index contributed by atoms with van der Waals surface area (Å²) in [5.74, 6) is 0.720. The average molecular weight is 518 g/mol. The Kier molecular flexibility index (Phi) is 9.13. The van der Waals surface area contributed by atoms with Crippen molar-refractivity contribution < 1.29 is 13.9 Å². The van der Waals surface area contributed by atoms with Gasteiger partial charge in [0.2, 0.25) is 5.91 Å². The molecule has 0 radical (unpaired) electrons. The molecule has 2 heterocycles. The second-order valence-corrected chi connectivity index (χ2v) is 7.65. The van der Waals surface area contributed by atoms with Crippen LogP contribution in [-0.2, 0) is 14.9 Å². The number of guanidine groups is 1. The van der Waals surface area contributed by atoms with E-state index in [4.69, 9.17) is 4.74 Å². The van der Waals surface area contributed by atoms with Crippen molar-refractivity contribution >= 4 is 35.8 Å². The van der Waals surface area contributed by atoms with Crippen LogP contribution < -0.4 is 10.6 Å². The number of benzene rings is 1. The van der Waals surface area contributed by atoms with E-state index in [-0.39, 0.29) is 47.2 Å². The predicted molar refractivity (Wildman–Crippen MR) is 123 cm³/mol. The minimum absolute atomic E-state index is 0. The summed E-state index contributed by atoms with van der Waals surface area (Å²) >= 11 is 0. The number of rotatable bonds is 5. The molecule has 1 aromatic rings. The van der Waals surface area contributed by atoms with E-state index in [1.807, 2.05) is 24.0 Å². The van der Waals surface area contributed by atoms with Crippen molar-refractivity contribution in [2.24, 2.45) is 4.99 Å². The number of ether oxygens (including phenoxy) is 1. The van der Waals surface area contributed by atoms with Gasteiger partial charge in [-0.2, -0.15) is 0 Å². The molecule has 162 valence electrons. The van der Waals surface area contributed by atoms with Crippen LogP contribution in [0.25, 0.3) is 0 Å². The third-order valence-electron chi connectivity index (χ3n) is 5.91. The van der Waals surface area contributed by atoms with Gasteiger partial charge >= 0.3 is 0 Å². The summed E-state index contributed by atoms with van der Waals surface area (Å²) in [4.78, 5) is 18.2. The molecule has 8 heteroatoms. The van der Waals surface area contributed by atoms with E-state index in [9.17, 15) is 9.18 Å². The molecule has 2 saturated heterocycles. The molecule has 29 heavy (non-hydrogen) atoms. The minimum Gasteiger partial charge on any atom is -0.381 e. The molecule has 0 saturated carbocycles.